The highest BCUT2D eigenvalue weighted by Crippen LogP contribution is 2.23. The first-order valence-corrected chi connectivity index (χ1v) is 16.3. The minimum atomic E-state index is -0.0322. The fourth-order valence-electron chi connectivity index (χ4n) is 7.02. The first-order valence-electron chi connectivity index (χ1n) is 16.3. The Labute approximate surface area is 281 Å². The van der Waals surface area contributed by atoms with E-state index in [1.54, 1.807) is 36.4 Å². The van der Waals surface area contributed by atoms with Gasteiger partial charge in [0.15, 0.2) is 21.7 Å². The van der Waals surface area contributed by atoms with E-state index in [4.69, 9.17) is 0 Å². The Balaban J connectivity index is 0.000000135. The lowest BCUT2D eigenvalue weighted by atomic mass is 10.0. The molecule has 4 N–H and O–H groups in total. The molecule has 10 aromatic rings. The van der Waals surface area contributed by atoms with Crippen LogP contribution >= 0.6 is 0 Å². The average Bonchev–Trinajstić information content (AvgIpc) is 3.12. The van der Waals surface area contributed by atoms with E-state index in [9.17, 15) is 19.2 Å². The highest BCUT2D eigenvalue weighted by Gasteiger charge is 2.13. The normalized spacial score (nSPS) is 11.7. The number of pyridine rings is 4. The molecule has 0 aliphatic rings. The van der Waals surface area contributed by atoms with Crippen molar-refractivity contribution >= 4 is 87.2 Å². The summed E-state index contributed by atoms with van der Waals surface area (Å²) in [4.78, 5) is 64.6. The molecule has 0 radical (unpaired) electrons. The number of nitrogens with one attached hydrogen (secondary N) is 4. The van der Waals surface area contributed by atoms with Gasteiger partial charge in [0.05, 0.1) is 22.1 Å². The van der Waals surface area contributed by atoms with E-state index < -0.39 is 0 Å². The summed E-state index contributed by atoms with van der Waals surface area (Å²) in [5.74, 6) is 0. The average molecular weight is 653 g/mol. The Hall–Kier alpha value is -6.80. The predicted octanol–water partition coefficient (Wildman–Crippen LogP) is 7.97. The van der Waals surface area contributed by atoms with Crippen molar-refractivity contribution in [2.45, 2.75) is 13.8 Å². The molecule has 8 nitrogen and oxygen atoms in total. The van der Waals surface area contributed by atoms with Crippen LogP contribution in [0.15, 0.2) is 128 Å². The minimum Gasteiger partial charge on any atom is -0.354 e. The van der Waals surface area contributed by atoms with Gasteiger partial charge in [0.1, 0.15) is 0 Å². The van der Waals surface area contributed by atoms with Gasteiger partial charge in [0.25, 0.3) is 0 Å². The quantitative estimate of drug-likeness (QED) is 0.124. The molecule has 0 saturated carbocycles. The Bertz CT molecular complexity index is 3110. The van der Waals surface area contributed by atoms with Crippen LogP contribution in [0.2, 0.25) is 0 Å². The second kappa shape index (κ2) is 10.9. The van der Waals surface area contributed by atoms with Gasteiger partial charge in [-0.25, -0.2) is 0 Å². The molecule has 0 amide bonds. The van der Waals surface area contributed by atoms with Crippen LogP contribution in [0.5, 0.6) is 0 Å². The number of aromatic amines is 4. The van der Waals surface area contributed by atoms with Gasteiger partial charge in [-0.3, -0.25) is 19.2 Å². The van der Waals surface area contributed by atoms with Gasteiger partial charge >= 0.3 is 0 Å². The summed E-state index contributed by atoms with van der Waals surface area (Å²) in [5, 5.41) is 4.93. The molecule has 0 atom stereocenters. The van der Waals surface area contributed by atoms with Gasteiger partial charge in [-0.15, -0.1) is 0 Å². The number of aryl methyl sites for hydroxylation is 2. The molecule has 0 unspecified atom stereocenters. The molecule has 10 rings (SSSR count). The molecule has 8 heteroatoms. The Morgan fingerprint density at radius 3 is 0.940 bits per heavy atom. The van der Waals surface area contributed by atoms with Crippen LogP contribution in [0.3, 0.4) is 0 Å². The van der Waals surface area contributed by atoms with Crippen LogP contribution in [0.25, 0.3) is 87.2 Å². The zero-order valence-corrected chi connectivity index (χ0v) is 27.0. The second-order valence-electron chi connectivity index (χ2n) is 12.9. The molecule has 0 fully saturated rings. The van der Waals surface area contributed by atoms with Crippen LogP contribution in [0.1, 0.15) is 11.1 Å². The number of hydrogen-bond acceptors (Lipinski definition) is 4. The summed E-state index contributed by atoms with van der Waals surface area (Å²) in [7, 11) is 0. The van der Waals surface area contributed by atoms with Gasteiger partial charge in [0.2, 0.25) is 0 Å². The van der Waals surface area contributed by atoms with Crippen molar-refractivity contribution in [3.8, 4) is 0 Å². The summed E-state index contributed by atoms with van der Waals surface area (Å²) in [6.07, 6.45) is 0. The van der Waals surface area contributed by atoms with Gasteiger partial charge in [-0.05, 0) is 86.6 Å². The molecular formula is C42H28N4O4. The summed E-state index contributed by atoms with van der Waals surface area (Å²) >= 11 is 0. The lowest BCUT2D eigenvalue weighted by molar-refractivity contribution is 1.42. The summed E-state index contributed by atoms with van der Waals surface area (Å²) in [6, 6.07) is 33.4. The molecular weight excluding hydrogens is 624 g/mol. The first-order chi connectivity index (χ1) is 24.2. The maximum absolute atomic E-state index is 13.0. The fraction of sp³-hybridized carbons (Fsp3) is 0.0476. The number of H-pyrrole nitrogens is 4. The summed E-state index contributed by atoms with van der Waals surface area (Å²) < 4.78 is 0. The lowest BCUT2D eigenvalue weighted by Crippen LogP contribution is -2.08. The second-order valence-corrected chi connectivity index (χ2v) is 12.9. The van der Waals surface area contributed by atoms with Gasteiger partial charge in [-0.1, -0.05) is 47.5 Å². The zero-order valence-electron chi connectivity index (χ0n) is 27.0. The number of rotatable bonds is 0. The summed E-state index contributed by atoms with van der Waals surface area (Å²) in [5.41, 5.74) is 7.76. The largest absolute Gasteiger partial charge is 0.354 e. The third-order valence-electron chi connectivity index (χ3n) is 9.55. The van der Waals surface area contributed by atoms with Crippen LogP contribution in [-0.4, -0.2) is 19.9 Å². The maximum Gasteiger partial charge on any atom is 0.197 e. The molecule has 6 aromatic carbocycles. The highest BCUT2D eigenvalue weighted by molar-refractivity contribution is 6.04. The molecule has 4 aromatic heterocycles. The summed E-state index contributed by atoms with van der Waals surface area (Å²) in [6.45, 7) is 3.93. The predicted molar refractivity (Wildman–Crippen MR) is 205 cm³/mol. The third-order valence-corrected chi connectivity index (χ3v) is 9.55. The smallest absolute Gasteiger partial charge is 0.197 e. The monoisotopic (exact) mass is 652 g/mol. The number of benzene rings is 6. The third kappa shape index (κ3) is 4.53. The number of para-hydroxylation sites is 2. The van der Waals surface area contributed by atoms with Crippen LogP contribution in [-0.2, 0) is 0 Å². The van der Waals surface area contributed by atoms with Crippen molar-refractivity contribution in [2.75, 3.05) is 0 Å². The molecule has 0 aliphatic carbocycles. The van der Waals surface area contributed by atoms with Crippen molar-refractivity contribution in [2.24, 2.45) is 0 Å². The van der Waals surface area contributed by atoms with Crippen LogP contribution in [0.4, 0.5) is 0 Å². The lowest BCUT2D eigenvalue weighted by Gasteiger charge is -2.07. The molecule has 0 bridgehead atoms. The van der Waals surface area contributed by atoms with Gasteiger partial charge < -0.3 is 19.9 Å². The standard InChI is InChI=1S/C22H16N2O2.C20H12N2O2/c1-11-3-5-17-13(7-11)21(25)15-9-20-16(10-19(15)23-17)22(26)14-8-12(2)4-6-18(14)24-20;23-19-11-5-1-3-7-15(11)21-17-10-14-18(9-13(17)19)22-16-8-4-2-6-12(16)20(14)24/h3-10H,1-2H3,(H,23,25)(H,24,26);1-10H,(H,21,23)(H,22,24). The number of aromatic nitrogens is 4. The Morgan fingerprint density at radius 1 is 0.300 bits per heavy atom. The van der Waals surface area contributed by atoms with Crippen molar-refractivity contribution in [1.29, 1.82) is 0 Å². The van der Waals surface area contributed by atoms with E-state index in [0.29, 0.717) is 65.2 Å². The molecule has 4 heterocycles. The van der Waals surface area contributed by atoms with Crippen molar-refractivity contribution in [3.05, 3.63) is 161 Å². The first kappa shape index (κ1) is 29.3. The number of fused-ring (bicyclic) bond motifs is 8. The molecule has 0 saturated heterocycles. The van der Waals surface area contributed by atoms with E-state index in [1.165, 1.54) is 0 Å². The van der Waals surface area contributed by atoms with Gasteiger partial charge in [-0.2, -0.15) is 0 Å². The molecule has 240 valence electrons. The SMILES string of the molecule is Cc1ccc2[nH]c3cc4c(=O)c5cc(C)ccc5[nH]c4cc3c(=O)c2c1.O=c1c2ccccc2[nH]c2cc3c(=O)c4ccccc4[nH]c3cc12. The highest BCUT2D eigenvalue weighted by atomic mass is 16.1. The van der Waals surface area contributed by atoms with Crippen molar-refractivity contribution in [3.63, 3.8) is 0 Å². The fourth-order valence-corrected chi connectivity index (χ4v) is 7.02. The molecule has 50 heavy (non-hydrogen) atoms. The van der Waals surface area contributed by atoms with E-state index in [1.807, 2.05) is 86.6 Å². The Morgan fingerprint density at radius 2 is 0.580 bits per heavy atom. The van der Waals surface area contributed by atoms with E-state index >= 15 is 0 Å². The van der Waals surface area contributed by atoms with Crippen LogP contribution in [0, 0.1) is 13.8 Å². The van der Waals surface area contributed by atoms with E-state index in [2.05, 4.69) is 19.9 Å². The topological polar surface area (TPSA) is 131 Å². The molecule has 0 aliphatic heterocycles. The van der Waals surface area contributed by atoms with Gasteiger partial charge in [0, 0.05) is 65.2 Å². The molecule has 0 spiro atoms. The number of hydrogen-bond donors (Lipinski definition) is 4. The van der Waals surface area contributed by atoms with Crippen molar-refractivity contribution in [1.82, 2.24) is 19.9 Å². The zero-order chi connectivity index (χ0) is 34.3. The Kier molecular flexibility index (Phi) is 6.38. The maximum atomic E-state index is 13.0. The van der Waals surface area contributed by atoms with E-state index in [-0.39, 0.29) is 21.7 Å². The van der Waals surface area contributed by atoms with E-state index in [0.717, 1.165) is 33.2 Å². The van der Waals surface area contributed by atoms with Crippen molar-refractivity contribution < 1.29 is 0 Å². The van der Waals surface area contributed by atoms with Crippen LogP contribution < -0.4 is 21.7 Å². The minimum absolute atomic E-state index is 0.0239.